The number of halogens is 1. The Kier molecular flexibility index (Phi) is 6.23. The Morgan fingerprint density at radius 3 is 2.13 bits per heavy atom. The number of aromatic nitrogens is 2. The summed E-state index contributed by atoms with van der Waals surface area (Å²) in [5.41, 5.74) is 0.916. The molecule has 0 bridgehead atoms. The molecule has 166 valence electrons. The van der Waals surface area contributed by atoms with Gasteiger partial charge in [0, 0.05) is 33.2 Å². The van der Waals surface area contributed by atoms with Gasteiger partial charge in [-0.25, -0.2) is 21.2 Å². The number of hydrogen-bond donors (Lipinski definition) is 0. The molecule has 30 heavy (non-hydrogen) atoms. The summed E-state index contributed by atoms with van der Waals surface area (Å²) in [6, 6.07) is 3.29. The van der Waals surface area contributed by atoms with Crippen LogP contribution in [0, 0.1) is 19.7 Å². The Bertz CT molecular complexity index is 1160. The number of nitrogens with zero attached hydrogens (tertiary/aromatic N) is 4. The van der Waals surface area contributed by atoms with E-state index in [4.69, 9.17) is 4.74 Å². The minimum atomic E-state index is -4.07. The summed E-state index contributed by atoms with van der Waals surface area (Å²) in [6.07, 6.45) is 0.300. The number of aryl methyl sites for hydroxylation is 2. The van der Waals surface area contributed by atoms with E-state index in [1.807, 2.05) is 0 Å². The molecule has 0 spiro atoms. The molecule has 3 rings (SSSR count). The molecule has 1 aliphatic rings. The van der Waals surface area contributed by atoms with Crippen LogP contribution >= 0.6 is 0 Å². The van der Waals surface area contributed by atoms with Gasteiger partial charge in [0.15, 0.2) is 0 Å². The Hall–Kier alpha value is -2.02. The third kappa shape index (κ3) is 3.96. The van der Waals surface area contributed by atoms with Crippen LogP contribution in [-0.2, 0) is 27.1 Å². The van der Waals surface area contributed by atoms with Gasteiger partial charge in [0.25, 0.3) is 0 Å². The monoisotopic (exact) mass is 460 g/mol. The zero-order chi connectivity index (χ0) is 22.3. The van der Waals surface area contributed by atoms with Crippen LogP contribution in [0.5, 0.6) is 5.75 Å². The first-order valence-corrected chi connectivity index (χ1v) is 12.2. The van der Waals surface area contributed by atoms with Gasteiger partial charge >= 0.3 is 0 Å². The van der Waals surface area contributed by atoms with E-state index < -0.39 is 25.9 Å². The van der Waals surface area contributed by atoms with Gasteiger partial charge in [-0.05, 0) is 38.5 Å². The average molecular weight is 461 g/mol. The highest BCUT2D eigenvalue weighted by Gasteiger charge is 2.35. The van der Waals surface area contributed by atoms with Crippen molar-refractivity contribution in [1.29, 1.82) is 0 Å². The zero-order valence-electron chi connectivity index (χ0n) is 17.3. The molecule has 0 N–H and O–H groups in total. The molecule has 0 atom stereocenters. The second-order valence-corrected chi connectivity index (χ2v) is 10.9. The van der Waals surface area contributed by atoms with Gasteiger partial charge in [0.1, 0.15) is 21.4 Å². The Balaban J connectivity index is 1.89. The normalized spacial score (nSPS) is 17.1. The SMILES string of the molecule is COc1ccc(F)cc1S(=O)(=O)N1CCCN(S(=O)(=O)c2c(C)nn(C)c2C)CC1. The fourth-order valence-corrected chi connectivity index (χ4v) is 7.10. The van der Waals surface area contributed by atoms with E-state index in [1.165, 1.54) is 26.5 Å². The first kappa shape index (κ1) is 22.7. The summed E-state index contributed by atoms with van der Waals surface area (Å²) >= 11 is 0. The van der Waals surface area contributed by atoms with Crippen LogP contribution in [-0.4, -0.2) is 68.5 Å². The van der Waals surface area contributed by atoms with Crippen LogP contribution in [0.15, 0.2) is 28.0 Å². The number of ether oxygens (including phenoxy) is 1. The lowest BCUT2D eigenvalue weighted by Gasteiger charge is -2.22. The smallest absolute Gasteiger partial charge is 0.246 e. The summed E-state index contributed by atoms with van der Waals surface area (Å²) in [7, 11) is -4.92. The van der Waals surface area contributed by atoms with Gasteiger partial charge in [0.05, 0.1) is 18.5 Å². The van der Waals surface area contributed by atoms with Crippen molar-refractivity contribution < 1.29 is 26.0 Å². The van der Waals surface area contributed by atoms with E-state index in [0.29, 0.717) is 17.8 Å². The lowest BCUT2D eigenvalue weighted by molar-refractivity contribution is 0.387. The van der Waals surface area contributed by atoms with E-state index in [1.54, 1.807) is 20.9 Å². The highest BCUT2D eigenvalue weighted by molar-refractivity contribution is 7.89. The minimum Gasteiger partial charge on any atom is -0.495 e. The third-order valence-electron chi connectivity index (χ3n) is 5.20. The molecule has 0 unspecified atom stereocenters. The number of sulfonamides is 2. The van der Waals surface area contributed by atoms with Crippen molar-refractivity contribution in [3.63, 3.8) is 0 Å². The maximum absolute atomic E-state index is 13.7. The molecule has 2 heterocycles. The molecule has 2 aromatic rings. The number of hydrogen-bond acceptors (Lipinski definition) is 6. The van der Waals surface area contributed by atoms with Crippen LogP contribution in [0.4, 0.5) is 4.39 Å². The summed E-state index contributed by atoms with van der Waals surface area (Å²) in [5.74, 6) is -0.664. The lowest BCUT2D eigenvalue weighted by atomic mass is 10.3. The molecule has 1 saturated heterocycles. The van der Waals surface area contributed by atoms with E-state index in [0.717, 1.165) is 12.1 Å². The Morgan fingerprint density at radius 1 is 1.00 bits per heavy atom. The zero-order valence-corrected chi connectivity index (χ0v) is 18.9. The van der Waals surface area contributed by atoms with Crippen molar-refractivity contribution in [2.24, 2.45) is 7.05 Å². The average Bonchev–Trinajstić information content (AvgIpc) is 2.86. The second-order valence-electron chi connectivity index (χ2n) is 7.08. The van der Waals surface area contributed by atoms with Crippen molar-refractivity contribution in [1.82, 2.24) is 18.4 Å². The molecule has 1 aromatic carbocycles. The van der Waals surface area contributed by atoms with Gasteiger partial charge in [-0.3, -0.25) is 4.68 Å². The van der Waals surface area contributed by atoms with Crippen LogP contribution in [0.2, 0.25) is 0 Å². The van der Waals surface area contributed by atoms with E-state index >= 15 is 0 Å². The maximum atomic E-state index is 13.7. The van der Waals surface area contributed by atoms with Crippen LogP contribution in [0.25, 0.3) is 0 Å². The molecule has 1 fully saturated rings. The highest BCUT2D eigenvalue weighted by Crippen LogP contribution is 2.29. The predicted molar refractivity (Wildman–Crippen MR) is 108 cm³/mol. The van der Waals surface area contributed by atoms with Gasteiger partial charge < -0.3 is 4.74 Å². The van der Waals surface area contributed by atoms with Crippen molar-refractivity contribution in [3.8, 4) is 5.75 Å². The van der Waals surface area contributed by atoms with Crippen molar-refractivity contribution >= 4 is 20.0 Å². The first-order valence-electron chi connectivity index (χ1n) is 9.34. The first-order chi connectivity index (χ1) is 14.0. The van der Waals surface area contributed by atoms with Gasteiger partial charge in [-0.2, -0.15) is 13.7 Å². The molecule has 1 aliphatic heterocycles. The molecule has 0 radical (unpaired) electrons. The summed E-state index contributed by atoms with van der Waals surface area (Å²) in [6.45, 7) is 3.51. The van der Waals surface area contributed by atoms with Crippen LogP contribution in [0.3, 0.4) is 0 Å². The predicted octanol–water partition coefficient (Wildman–Crippen LogP) is 1.27. The molecule has 0 saturated carbocycles. The molecule has 0 aliphatic carbocycles. The third-order valence-corrected chi connectivity index (χ3v) is 9.27. The maximum Gasteiger partial charge on any atom is 0.246 e. The Morgan fingerprint density at radius 2 is 1.60 bits per heavy atom. The Labute approximate surface area is 176 Å². The van der Waals surface area contributed by atoms with Gasteiger partial charge in [0.2, 0.25) is 20.0 Å². The topological polar surface area (TPSA) is 102 Å². The summed E-state index contributed by atoms with van der Waals surface area (Å²) < 4.78 is 75.4. The molecule has 0 amide bonds. The largest absolute Gasteiger partial charge is 0.495 e. The van der Waals surface area contributed by atoms with Crippen molar-refractivity contribution in [2.45, 2.75) is 30.1 Å². The molecular weight excluding hydrogens is 435 g/mol. The number of methoxy groups -OCH3 is 1. The van der Waals surface area contributed by atoms with Gasteiger partial charge in [-0.1, -0.05) is 0 Å². The molecule has 1 aromatic heterocycles. The van der Waals surface area contributed by atoms with E-state index in [9.17, 15) is 21.2 Å². The van der Waals surface area contributed by atoms with Gasteiger partial charge in [-0.15, -0.1) is 0 Å². The van der Waals surface area contributed by atoms with E-state index in [-0.39, 0.29) is 41.7 Å². The summed E-state index contributed by atoms with van der Waals surface area (Å²) in [4.78, 5) is -0.131. The second kappa shape index (κ2) is 8.25. The van der Waals surface area contributed by atoms with Crippen LogP contribution in [0.1, 0.15) is 17.8 Å². The standard InChI is InChI=1S/C18H25FN4O5S2/c1-13-18(14(2)21(3)20-13)30(26,27)23-9-5-8-22(10-11-23)29(24,25)17-12-15(19)6-7-16(17)28-4/h6-7,12H,5,8-11H2,1-4H3. The quantitative estimate of drug-likeness (QED) is 0.666. The number of benzene rings is 1. The minimum absolute atomic E-state index is 0.0209. The van der Waals surface area contributed by atoms with Crippen molar-refractivity contribution in [2.75, 3.05) is 33.3 Å². The fraction of sp³-hybridized carbons (Fsp3) is 0.500. The molecule has 12 heteroatoms. The number of rotatable bonds is 5. The van der Waals surface area contributed by atoms with Crippen molar-refractivity contribution in [3.05, 3.63) is 35.4 Å². The lowest BCUT2D eigenvalue weighted by Crippen LogP contribution is -2.37. The van der Waals surface area contributed by atoms with E-state index in [2.05, 4.69) is 5.10 Å². The summed E-state index contributed by atoms with van der Waals surface area (Å²) in [5, 5.41) is 4.17. The molecular formula is C18H25FN4O5S2. The highest BCUT2D eigenvalue weighted by atomic mass is 32.2. The fourth-order valence-electron chi connectivity index (χ4n) is 3.60. The van der Waals surface area contributed by atoms with Crippen LogP contribution < -0.4 is 4.74 Å². The molecule has 9 nitrogen and oxygen atoms in total.